The van der Waals surface area contributed by atoms with Gasteiger partial charge in [0.1, 0.15) is 4.88 Å². The van der Waals surface area contributed by atoms with Crippen molar-refractivity contribution in [3.63, 3.8) is 0 Å². The number of halogens is 1. The molecule has 0 spiro atoms. The highest BCUT2D eigenvalue weighted by Gasteiger charge is 2.19. The normalized spacial score (nSPS) is 10.4. The molecule has 2 aromatic rings. The lowest BCUT2D eigenvalue weighted by molar-refractivity contribution is -0.137. The van der Waals surface area contributed by atoms with Gasteiger partial charge in [-0.1, -0.05) is 30.3 Å². The van der Waals surface area contributed by atoms with Gasteiger partial charge in [-0.3, -0.25) is 9.59 Å². The van der Waals surface area contributed by atoms with Crippen molar-refractivity contribution in [1.82, 2.24) is 4.90 Å². The van der Waals surface area contributed by atoms with Gasteiger partial charge in [0.25, 0.3) is 5.91 Å². The number of hydrogen-bond acceptors (Lipinski definition) is 3. The van der Waals surface area contributed by atoms with Gasteiger partial charge >= 0.3 is 5.97 Å². The number of rotatable bonds is 7. The maximum Gasteiger partial charge on any atom is 0.303 e. The van der Waals surface area contributed by atoms with E-state index in [-0.39, 0.29) is 12.3 Å². The Kier molecular flexibility index (Phi) is 6.15. The summed E-state index contributed by atoms with van der Waals surface area (Å²) in [6.07, 6.45) is 0.501. The Morgan fingerprint density at radius 1 is 1.18 bits per heavy atom. The Balaban J connectivity index is 2.12. The molecule has 0 radical (unpaired) electrons. The minimum atomic E-state index is -0.843. The Morgan fingerprint density at radius 2 is 1.91 bits per heavy atom. The van der Waals surface area contributed by atoms with Gasteiger partial charge in [-0.2, -0.15) is 0 Å². The van der Waals surface area contributed by atoms with Crippen LogP contribution < -0.4 is 0 Å². The fourth-order valence-corrected chi connectivity index (χ4v) is 3.58. The second-order valence-electron chi connectivity index (χ2n) is 4.81. The average molecular weight is 382 g/mol. The van der Waals surface area contributed by atoms with Crippen LogP contribution in [0.2, 0.25) is 0 Å². The molecule has 1 N–H and O–H groups in total. The molecule has 0 bridgehead atoms. The van der Waals surface area contributed by atoms with E-state index in [1.807, 2.05) is 41.8 Å². The van der Waals surface area contributed by atoms with Crippen molar-refractivity contribution in [1.29, 1.82) is 0 Å². The summed E-state index contributed by atoms with van der Waals surface area (Å²) in [5.74, 6) is -0.916. The van der Waals surface area contributed by atoms with E-state index in [9.17, 15) is 9.59 Å². The summed E-state index contributed by atoms with van der Waals surface area (Å²) in [5.41, 5.74) is 1.03. The number of hydrogen-bond donors (Lipinski definition) is 1. The molecule has 0 aliphatic rings. The second kappa shape index (κ2) is 8.10. The molecule has 2 rings (SSSR count). The molecule has 22 heavy (non-hydrogen) atoms. The van der Waals surface area contributed by atoms with Gasteiger partial charge in [0.2, 0.25) is 0 Å². The number of carboxylic acids is 1. The number of amides is 1. The molecule has 116 valence electrons. The standard InChI is InChI=1S/C16H16BrNO3S/c17-13-8-10-22-15(13)16(21)18(9-4-7-14(19)20)11-12-5-2-1-3-6-12/h1-3,5-6,8,10H,4,7,9,11H2,(H,19,20). The zero-order valence-electron chi connectivity index (χ0n) is 11.9. The Hall–Kier alpha value is -1.66. The first kappa shape index (κ1) is 16.7. The zero-order chi connectivity index (χ0) is 15.9. The zero-order valence-corrected chi connectivity index (χ0v) is 14.3. The monoisotopic (exact) mass is 381 g/mol. The average Bonchev–Trinajstić information content (AvgIpc) is 2.92. The number of carbonyl (C=O) groups excluding carboxylic acids is 1. The lowest BCUT2D eigenvalue weighted by atomic mass is 10.2. The van der Waals surface area contributed by atoms with Crippen molar-refractivity contribution in [3.8, 4) is 0 Å². The third-order valence-electron chi connectivity index (χ3n) is 3.13. The summed E-state index contributed by atoms with van der Waals surface area (Å²) in [4.78, 5) is 25.7. The van der Waals surface area contributed by atoms with Crippen LogP contribution in [0, 0.1) is 0 Å². The van der Waals surface area contributed by atoms with Crippen molar-refractivity contribution >= 4 is 39.1 Å². The van der Waals surface area contributed by atoms with Crippen LogP contribution in [0.25, 0.3) is 0 Å². The largest absolute Gasteiger partial charge is 0.481 e. The summed E-state index contributed by atoms with van der Waals surface area (Å²) in [6.45, 7) is 0.897. The van der Waals surface area contributed by atoms with Crippen LogP contribution in [0.5, 0.6) is 0 Å². The third kappa shape index (κ3) is 4.68. The molecular formula is C16H16BrNO3S. The van der Waals surface area contributed by atoms with Crippen molar-refractivity contribution in [2.45, 2.75) is 19.4 Å². The highest BCUT2D eigenvalue weighted by Crippen LogP contribution is 2.25. The molecule has 1 aromatic heterocycles. The van der Waals surface area contributed by atoms with Crippen LogP contribution in [0.15, 0.2) is 46.3 Å². The van der Waals surface area contributed by atoms with Crippen molar-refractivity contribution in [2.24, 2.45) is 0 Å². The fourth-order valence-electron chi connectivity index (χ4n) is 2.07. The Labute approximate surface area is 141 Å². The predicted octanol–water partition coefficient (Wildman–Crippen LogP) is 4.02. The van der Waals surface area contributed by atoms with Gasteiger partial charge in [-0.05, 0) is 39.4 Å². The number of benzene rings is 1. The van der Waals surface area contributed by atoms with Crippen LogP contribution >= 0.6 is 27.3 Å². The van der Waals surface area contributed by atoms with Crippen LogP contribution in [-0.2, 0) is 11.3 Å². The van der Waals surface area contributed by atoms with Crippen molar-refractivity contribution < 1.29 is 14.7 Å². The third-order valence-corrected chi connectivity index (χ3v) is 4.96. The Morgan fingerprint density at radius 3 is 2.50 bits per heavy atom. The van der Waals surface area contributed by atoms with Gasteiger partial charge < -0.3 is 10.0 Å². The van der Waals surface area contributed by atoms with Crippen molar-refractivity contribution in [2.75, 3.05) is 6.54 Å². The number of carboxylic acid groups (broad SMARTS) is 1. The van der Waals surface area contributed by atoms with E-state index in [0.717, 1.165) is 10.0 Å². The van der Waals surface area contributed by atoms with Crippen LogP contribution in [0.1, 0.15) is 28.1 Å². The van der Waals surface area contributed by atoms with Gasteiger partial charge in [0.15, 0.2) is 0 Å². The molecule has 0 unspecified atom stereocenters. The fraction of sp³-hybridized carbons (Fsp3) is 0.250. The molecule has 0 saturated carbocycles. The second-order valence-corrected chi connectivity index (χ2v) is 6.58. The topological polar surface area (TPSA) is 57.6 Å². The molecule has 0 fully saturated rings. The van der Waals surface area contributed by atoms with E-state index in [4.69, 9.17) is 5.11 Å². The van der Waals surface area contributed by atoms with Crippen LogP contribution in [-0.4, -0.2) is 28.4 Å². The smallest absolute Gasteiger partial charge is 0.303 e. The first-order valence-electron chi connectivity index (χ1n) is 6.86. The van der Waals surface area contributed by atoms with E-state index >= 15 is 0 Å². The minimum absolute atomic E-state index is 0.0597. The molecule has 1 heterocycles. The van der Waals surface area contributed by atoms with Gasteiger partial charge in [-0.15, -0.1) is 11.3 Å². The number of carbonyl (C=O) groups is 2. The van der Waals surface area contributed by atoms with Gasteiger partial charge in [0.05, 0.1) is 0 Å². The highest BCUT2D eigenvalue weighted by atomic mass is 79.9. The first-order chi connectivity index (χ1) is 10.6. The lowest BCUT2D eigenvalue weighted by Gasteiger charge is -2.22. The molecule has 6 heteroatoms. The summed E-state index contributed by atoms with van der Waals surface area (Å²) in [5, 5.41) is 10.6. The molecule has 0 atom stereocenters. The summed E-state index contributed by atoms with van der Waals surface area (Å²) in [7, 11) is 0. The van der Waals surface area contributed by atoms with E-state index in [1.165, 1.54) is 11.3 Å². The SMILES string of the molecule is O=C(O)CCCN(Cc1ccccc1)C(=O)c1sccc1Br. The predicted molar refractivity (Wildman–Crippen MR) is 90.1 cm³/mol. The number of nitrogens with zero attached hydrogens (tertiary/aromatic N) is 1. The highest BCUT2D eigenvalue weighted by molar-refractivity contribution is 9.10. The van der Waals surface area contributed by atoms with E-state index in [1.54, 1.807) is 4.90 Å². The summed E-state index contributed by atoms with van der Waals surface area (Å²) >= 11 is 4.76. The molecular weight excluding hydrogens is 366 g/mol. The Bertz CT molecular complexity index is 642. The van der Waals surface area contributed by atoms with Crippen LogP contribution in [0.3, 0.4) is 0 Å². The van der Waals surface area contributed by atoms with E-state index < -0.39 is 5.97 Å². The minimum Gasteiger partial charge on any atom is -0.481 e. The lowest BCUT2D eigenvalue weighted by Crippen LogP contribution is -2.31. The first-order valence-corrected chi connectivity index (χ1v) is 8.53. The van der Waals surface area contributed by atoms with Gasteiger partial charge in [-0.25, -0.2) is 0 Å². The molecule has 0 saturated heterocycles. The van der Waals surface area contributed by atoms with E-state index in [0.29, 0.717) is 24.4 Å². The van der Waals surface area contributed by atoms with Crippen molar-refractivity contribution in [3.05, 3.63) is 56.7 Å². The number of thiophene rings is 1. The molecule has 4 nitrogen and oxygen atoms in total. The maximum atomic E-state index is 12.7. The molecule has 0 aliphatic heterocycles. The molecule has 1 aromatic carbocycles. The summed E-state index contributed by atoms with van der Waals surface area (Å²) < 4.78 is 0.777. The van der Waals surface area contributed by atoms with Gasteiger partial charge in [0, 0.05) is 24.0 Å². The quantitative estimate of drug-likeness (QED) is 0.787. The summed E-state index contributed by atoms with van der Waals surface area (Å²) in [6, 6.07) is 11.5. The van der Waals surface area contributed by atoms with Crippen LogP contribution in [0.4, 0.5) is 0 Å². The van der Waals surface area contributed by atoms with E-state index in [2.05, 4.69) is 15.9 Å². The number of aliphatic carboxylic acids is 1. The molecule has 0 aliphatic carbocycles. The maximum absolute atomic E-state index is 12.7. The molecule has 1 amide bonds.